The molecule has 0 atom stereocenters. The molecule has 0 unspecified atom stereocenters. The summed E-state index contributed by atoms with van der Waals surface area (Å²) >= 11 is 0. The van der Waals surface area contributed by atoms with Crippen LogP contribution in [-0.4, -0.2) is 16.6 Å². The first-order valence-electron chi connectivity index (χ1n) is 2.49. The first-order chi connectivity index (χ1) is 3.97. The lowest BCUT2D eigenvalue weighted by Gasteiger charge is -2.37. The van der Waals surface area contributed by atoms with E-state index in [0.717, 1.165) is 0 Å². The first kappa shape index (κ1) is 6.43. The monoisotopic (exact) mass is 133 g/mol. The number of hydrogen-bond donors (Lipinski definition) is 1. The highest BCUT2D eigenvalue weighted by molar-refractivity contribution is 5.13. The third-order valence-electron chi connectivity index (χ3n) is 1.31. The summed E-state index contributed by atoms with van der Waals surface area (Å²) in [5.41, 5.74) is -1.75. The van der Waals surface area contributed by atoms with E-state index < -0.39 is 24.4 Å². The minimum atomic E-state index is -2.81. The Morgan fingerprint density at radius 1 is 1.44 bits per heavy atom. The molecular formula is C5H5F2NO. The molecule has 0 bridgehead atoms. The van der Waals surface area contributed by atoms with E-state index in [2.05, 4.69) is 0 Å². The van der Waals surface area contributed by atoms with Gasteiger partial charge in [0, 0.05) is 0 Å². The van der Waals surface area contributed by atoms with Crippen molar-refractivity contribution in [3.63, 3.8) is 0 Å². The molecule has 0 spiro atoms. The van der Waals surface area contributed by atoms with Gasteiger partial charge in [0.05, 0.1) is 18.9 Å². The number of rotatable bonds is 0. The number of aliphatic hydroxyl groups is 1. The molecule has 0 aromatic rings. The molecule has 0 aromatic carbocycles. The summed E-state index contributed by atoms with van der Waals surface area (Å²) in [4.78, 5) is 0. The van der Waals surface area contributed by atoms with E-state index in [9.17, 15) is 8.78 Å². The zero-order valence-corrected chi connectivity index (χ0v) is 4.56. The summed E-state index contributed by atoms with van der Waals surface area (Å²) in [6.45, 7) is 0. The maximum Gasteiger partial charge on any atom is 0.255 e. The van der Waals surface area contributed by atoms with Crippen molar-refractivity contribution >= 4 is 0 Å². The van der Waals surface area contributed by atoms with E-state index in [1.165, 1.54) is 6.07 Å². The van der Waals surface area contributed by atoms with Crippen LogP contribution in [0.5, 0.6) is 0 Å². The molecule has 9 heavy (non-hydrogen) atoms. The van der Waals surface area contributed by atoms with Crippen LogP contribution in [0.3, 0.4) is 0 Å². The lowest BCUT2D eigenvalue weighted by molar-refractivity contribution is -0.177. The topological polar surface area (TPSA) is 44.0 Å². The van der Waals surface area contributed by atoms with Crippen LogP contribution in [0.1, 0.15) is 12.8 Å². The average molecular weight is 133 g/mol. The Bertz CT molecular complexity index is 164. The lowest BCUT2D eigenvalue weighted by Crippen LogP contribution is -2.50. The molecule has 1 saturated carbocycles. The third-order valence-corrected chi connectivity index (χ3v) is 1.31. The number of alkyl halides is 2. The number of halogens is 2. The maximum atomic E-state index is 11.9. The van der Waals surface area contributed by atoms with Crippen molar-refractivity contribution in [3.8, 4) is 6.07 Å². The summed E-state index contributed by atoms with van der Waals surface area (Å²) in [5.74, 6) is -2.81. The molecular weight excluding hydrogens is 128 g/mol. The third kappa shape index (κ3) is 1.01. The van der Waals surface area contributed by atoms with Gasteiger partial charge in [-0.2, -0.15) is 5.26 Å². The Morgan fingerprint density at radius 3 is 2.00 bits per heavy atom. The van der Waals surface area contributed by atoms with Gasteiger partial charge in [-0.15, -0.1) is 0 Å². The molecule has 1 aliphatic rings. The van der Waals surface area contributed by atoms with Gasteiger partial charge < -0.3 is 5.11 Å². The molecule has 1 N–H and O–H groups in total. The summed E-state index contributed by atoms with van der Waals surface area (Å²) in [6.07, 6.45) is -1.42. The number of nitriles is 1. The normalized spacial score (nSPS) is 28.2. The summed E-state index contributed by atoms with van der Waals surface area (Å²) < 4.78 is 23.8. The van der Waals surface area contributed by atoms with Crippen LogP contribution in [0.15, 0.2) is 0 Å². The molecule has 1 rings (SSSR count). The SMILES string of the molecule is N#CC1(O)CC(F)(F)C1. The highest BCUT2D eigenvalue weighted by atomic mass is 19.3. The van der Waals surface area contributed by atoms with Crippen molar-refractivity contribution in [1.82, 2.24) is 0 Å². The fourth-order valence-electron chi connectivity index (χ4n) is 0.883. The second-order valence-corrected chi connectivity index (χ2v) is 2.35. The van der Waals surface area contributed by atoms with Gasteiger partial charge in [0.1, 0.15) is 0 Å². The zero-order valence-electron chi connectivity index (χ0n) is 4.56. The molecule has 0 aromatic heterocycles. The molecule has 0 radical (unpaired) electrons. The van der Waals surface area contributed by atoms with Crippen LogP contribution in [0.2, 0.25) is 0 Å². The Morgan fingerprint density at radius 2 is 1.89 bits per heavy atom. The maximum absolute atomic E-state index is 11.9. The van der Waals surface area contributed by atoms with Crippen molar-refractivity contribution in [2.24, 2.45) is 0 Å². The van der Waals surface area contributed by atoms with E-state index in [1.807, 2.05) is 0 Å². The van der Waals surface area contributed by atoms with E-state index in [1.54, 1.807) is 0 Å². The molecule has 2 nitrogen and oxygen atoms in total. The summed E-state index contributed by atoms with van der Waals surface area (Å²) in [7, 11) is 0. The minimum Gasteiger partial charge on any atom is -0.375 e. The average Bonchev–Trinajstić information content (AvgIpc) is 1.61. The Kier molecular flexibility index (Phi) is 1.02. The van der Waals surface area contributed by atoms with E-state index >= 15 is 0 Å². The van der Waals surface area contributed by atoms with Gasteiger partial charge in [0.25, 0.3) is 5.92 Å². The quantitative estimate of drug-likeness (QED) is 0.493. The van der Waals surface area contributed by atoms with Crippen molar-refractivity contribution in [3.05, 3.63) is 0 Å². The van der Waals surface area contributed by atoms with Crippen LogP contribution in [0.4, 0.5) is 8.78 Å². The largest absolute Gasteiger partial charge is 0.375 e. The van der Waals surface area contributed by atoms with Gasteiger partial charge in [-0.1, -0.05) is 0 Å². The molecule has 0 aliphatic heterocycles. The highest BCUT2D eigenvalue weighted by Crippen LogP contribution is 2.44. The van der Waals surface area contributed by atoms with Gasteiger partial charge >= 0.3 is 0 Å². The van der Waals surface area contributed by atoms with E-state index in [-0.39, 0.29) is 0 Å². The molecule has 1 aliphatic carbocycles. The predicted molar refractivity (Wildman–Crippen MR) is 24.7 cm³/mol. The van der Waals surface area contributed by atoms with Crippen LogP contribution in [-0.2, 0) is 0 Å². The second kappa shape index (κ2) is 1.42. The fourth-order valence-corrected chi connectivity index (χ4v) is 0.883. The van der Waals surface area contributed by atoms with Gasteiger partial charge in [-0.25, -0.2) is 8.78 Å². The summed E-state index contributed by atoms with van der Waals surface area (Å²) in [5, 5.41) is 16.8. The van der Waals surface area contributed by atoms with Crippen molar-refractivity contribution in [2.75, 3.05) is 0 Å². The van der Waals surface area contributed by atoms with Crippen molar-refractivity contribution < 1.29 is 13.9 Å². The first-order valence-corrected chi connectivity index (χ1v) is 2.49. The molecule has 0 amide bonds. The molecule has 1 fully saturated rings. The minimum absolute atomic E-state index is 0.712. The fraction of sp³-hybridized carbons (Fsp3) is 0.800. The lowest BCUT2D eigenvalue weighted by atomic mass is 9.78. The van der Waals surface area contributed by atoms with E-state index in [0.29, 0.717) is 0 Å². The summed E-state index contributed by atoms with van der Waals surface area (Å²) in [6, 6.07) is 1.41. The zero-order chi connectivity index (χ0) is 7.12. The van der Waals surface area contributed by atoms with Gasteiger partial charge in [0.15, 0.2) is 5.60 Å². The van der Waals surface area contributed by atoms with Crippen molar-refractivity contribution in [1.29, 1.82) is 5.26 Å². The Labute approximate surface area is 50.7 Å². The van der Waals surface area contributed by atoms with Gasteiger partial charge in [0.2, 0.25) is 0 Å². The Hall–Kier alpha value is -0.690. The second-order valence-electron chi connectivity index (χ2n) is 2.35. The van der Waals surface area contributed by atoms with E-state index in [4.69, 9.17) is 10.4 Å². The molecule has 4 heteroatoms. The van der Waals surface area contributed by atoms with Crippen LogP contribution in [0, 0.1) is 11.3 Å². The molecule has 50 valence electrons. The van der Waals surface area contributed by atoms with Crippen LogP contribution in [0.25, 0.3) is 0 Å². The molecule has 0 saturated heterocycles. The predicted octanol–water partition coefficient (Wildman–Crippen LogP) is 0.670. The molecule has 0 heterocycles. The smallest absolute Gasteiger partial charge is 0.255 e. The standard InChI is InChI=1S/C5H5F2NO/c6-5(7)1-4(9,2-5)3-8/h9H,1-2H2. The van der Waals surface area contributed by atoms with Gasteiger partial charge in [-0.3, -0.25) is 0 Å². The van der Waals surface area contributed by atoms with Crippen molar-refractivity contribution in [2.45, 2.75) is 24.4 Å². The highest BCUT2D eigenvalue weighted by Gasteiger charge is 2.56. The number of nitrogens with zero attached hydrogens (tertiary/aromatic N) is 1. The number of hydrogen-bond acceptors (Lipinski definition) is 2. The Balaban J connectivity index is 2.54. The van der Waals surface area contributed by atoms with Crippen LogP contribution >= 0.6 is 0 Å². The van der Waals surface area contributed by atoms with Crippen LogP contribution < -0.4 is 0 Å². The van der Waals surface area contributed by atoms with Gasteiger partial charge in [-0.05, 0) is 0 Å².